The molecule has 2 N–H and O–H groups in total. The summed E-state index contributed by atoms with van der Waals surface area (Å²) >= 11 is 0. The molecule has 0 bridgehead atoms. The largest absolute Gasteiger partial charge is 0.490 e. The van der Waals surface area contributed by atoms with Crippen LogP contribution in [0.2, 0.25) is 0 Å². The number of ether oxygens (including phenoxy) is 1. The first-order valence-corrected chi connectivity index (χ1v) is 4.78. The lowest BCUT2D eigenvalue weighted by Crippen LogP contribution is -2.05. The predicted molar refractivity (Wildman–Crippen MR) is 52.7 cm³/mol. The van der Waals surface area contributed by atoms with Crippen LogP contribution >= 0.6 is 0 Å². The highest BCUT2D eigenvalue weighted by atomic mass is 16.5. The molecule has 1 aliphatic carbocycles. The fourth-order valence-electron chi connectivity index (χ4n) is 1.25. The number of nitrogens with two attached hydrogens (primary N) is 1. The van der Waals surface area contributed by atoms with Gasteiger partial charge in [-0.15, -0.1) is 0 Å². The first-order valence-electron chi connectivity index (χ1n) is 4.78. The minimum Gasteiger partial charge on any atom is -0.490 e. The molecule has 1 fully saturated rings. The van der Waals surface area contributed by atoms with Crippen LogP contribution in [0.3, 0.4) is 0 Å². The Morgan fingerprint density at radius 1 is 1.46 bits per heavy atom. The van der Waals surface area contributed by atoms with Gasteiger partial charge in [0.2, 0.25) is 0 Å². The molecule has 2 rings (SSSR count). The first kappa shape index (κ1) is 8.57. The van der Waals surface area contributed by atoms with Crippen molar-refractivity contribution in [3.63, 3.8) is 0 Å². The number of rotatable bonds is 3. The van der Waals surface area contributed by atoms with E-state index in [9.17, 15) is 0 Å². The van der Waals surface area contributed by atoms with Crippen LogP contribution in [0.15, 0.2) is 24.3 Å². The summed E-state index contributed by atoms with van der Waals surface area (Å²) in [6.07, 6.45) is 2.86. The number of hydrogen-bond donors (Lipinski definition) is 1. The summed E-state index contributed by atoms with van der Waals surface area (Å²) in [6, 6.07) is 8.14. The smallest absolute Gasteiger partial charge is 0.120 e. The van der Waals surface area contributed by atoms with Crippen molar-refractivity contribution in [1.82, 2.24) is 0 Å². The van der Waals surface area contributed by atoms with Crippen molar-refractivity contribution in [2.45, 2.75) is 31.9 Å². The highest BCUT2D eigenvalue weighted by Crippen LogP contribution is 2.27. The number of benzene rings is 1. The Morgan fingerprint density at radius 2 is 2.23 bits per heavy atom. The van der Waals surface area contributed by atoms with Crippen molar-refractivity contribution in [2.75, 3.05) is 0 Å². The lowest BCUT2D eigenvalue weighted by molar-refractivity contribution is 0.303. The van der Waals surface area contributed by atoms with Gasteiger partial charge in [-0.3, -0.25) is 0 Å². The van der Waals surface area contributed by atoms with E-state index >= 15 is 0 Å². The summed E-state index contributed by atoms with van der Waals surface area (Å²) in [4.78, 5) is 0. The maximum atomic E-state index is 5.77. The zero-order valence-corrected chi connectivity index (χ0v) is 7.86. The van der Waals surface area contributed by atoms with Gasteiger partial charge in [-0.1, -0.05) is 12.1 Å². The van der Waals surface area contributed by atoms with Crippen molar-refractivity contribution >= 4 is 0 Å². The van der Waals surface area contributed by atoms with E-state index in [2.05, 4.69) is 0 Å². The molecule has 0 heterocycles. The Hall–Kier alpha value is -1.02. The fourth-order valence-corrected chi connectivity index (χ4v) is 1.25. The fraction of sp³-hybridized carbons (Fsp3) is 0.455. The van der Waals surface area contributed by atoms with E-state index in [1.165, 1.54) is 12.8 Å². The number of hydrogen-bond acceptors (Lipinski definition) is 2. The van der Waals surface area contributed by atoms with E-state index < -0.39 is 0 Å². The molecule has 1 saturated carbocycles. The minimum absolute atomic E-state index is 0.0859. The Bertz CT molecular complexity index is 292. The first-order chi connectivity index (χ1) is 6.25. The molecule has 0 amide bonds. The predicted octanol–water partition coefficient (Wildman–Crippen LogP) is 2.25. The average molecular weight is 177 g/mol. The monoisotopic (exact) mass is 177 g/mol. The van der Waals surface area contributed by atoms with E-state index in [1.54, 1.807) is 0 Å². The highest BCUT2D eigenvalue weighted by Gasteiger charge is 2.23. The summed E-state index contributed by atoms with van der Waals surface area (Å²) in [5.74, 6) is 0.956. The van der Waals surface area contributed by atoms with Gasteiger partial charge in [0.05, 0.1) is 6.10 Å². The Labute approximate surface area is 78.7 Å². The van der Waals surface area contributed by atoms with E-state index in [0.29, 0.717) is 6.10 Å². The minimum atomic E-state index is 0.0859. The van der Waals surface area contributed by atoms with Gasteiger partial charge in [0.25, 0.3) is 0 Å². The van der Waals surface area contributed by atoms with Gasteiger partial charge in [-0.2, -0.15) is 0 Å². The molecule has 0 spiro atoms. The van der Waals surface area contributed by atoms with Gasteiger partial charge in [0, 0.05) is 6.04 Å². The van der Waals surface area contributed by atoms with Gasteiger partial charge in [0.15, 0.2) is 0 Å². The van der Waals surface area contributed by atoms with Crippen LogP contribution in [0.5, 0.6) is 5.75 Å². The van der Waals surface area contributed by atoms with Crippen LogP contribution in [-0.2, 0) is 0 Å². The van der Waals surface area contributed by atoms with Crippen LogP contribution in [0.25, 0.3) is 0 Å². The summed E-state index contributed by atoms with van der Waals surface area (Å²) < 4.78 is 5.66. The van der Waals surface area contributed by atoms with Crippen LogP contribution in [0.4, 0.5) is 0 Å². The van der Waals surface area contributed by atoms with Crippen molar-refractivity contribution < 1.29 is 4.74 Å². The zero-order valence-electron chi connectivity index (χ0n) is 7.86. The van der Waals surface area contributed by atoms with Crippen molar-refractivity contribution in [3.8, 4) is 5.75 Å². The maximum Gasteiger partial charge on any atom is 0.120 e. The van der Waals surface area contributed by atoms with Gasteiger partial charge >= 0.3 is 0 Å². The molecule has 0 aliphatic heterocycles. The molecule has 0 unspecified atom stereocenters. The van der Waals surface area contributed by atoms with E-state index in [-0.39, 0.29) is 6.04 Å². The third-order valence-corrected chi connectivity index (χ3v) is 2.21. The summed E-state index contributed by atoms with van der Waals surface area (Å²) in [5, 5.41) is 0. The molecule has 1 atom stereocenters. The van der Waals surface area contributed by atoms with Gasteiger partial charge in [-0.05, 0) is 37.5 Å². The summed E-state index contributed by atoms with van der Waals surface area (Å²) in [6.45, 7) is 1.98. The Morgan fingerprint density at radius 3 is 2.85 bits per heavy atom. The molecule has 0 aromatic heterocycles. The highest BCUT2D eigenvalue weighted by molar-refractivity contribution is 5.30. The topological polar surface area (TPSA) is 35.2 Å². The molecule has 2 nitrogen and oxygen atoms in total. The second-order valence-electron chi connectivity index (χ2n) is 3.68. The van der Waals surface area contributed by atoms with E-state index in [4.69, 9.17) is 10.5 Å². The van der Waals surface area contributed by atoms with Crippen molar-refractivity contribution in [1.29, 1.82) is 0 Å². The normalized spacial score (nSPS) is 18.3. The Balaban J connectivity index is 2.11. The molecular formula is C11H15NO. The molecule has 0 radical (unpaired) electrons. The van der Waals surface area contributed by atoms with Crippen LogP contribution in [0, 0.1) is 0 Å². The van der Waals surface area contributed by atoms with Gasteiger partial charge in [0.1, 0.15) is 5.75 Å². The van der Waals surface area contributed by atoms with E-state index in [0.717, 1.165) is 11.3 Å². The Kier molecular flexibility index (Phi) is 2.23. The van der Waals surface area contributed by atoms with Crippen molar-refractivity contribution in [3.05, 3.63) is 29.8 Å². The quantitative estimate of drug-likeness (QED) is 0.768. The molecule has 0 saturated heterocycles. The molecule has 13 heavy (non-hydrogen) atoms. The third kappa shape index (κ3) is 2.22. The molecule has 1 aliphatic rings. The zero-order chi connectivity index (χ0) is 9.26. The van der Waals surface area contributed by atoms with Gasteiger partial charge < -0.3 is 10.5 Å². The molecule has 1 aromatic rings. The van der Waals surface area contributed by atoms with Crippen LogP contribution < -0.4 is 10.5 Å². The van der Waals surface area contributed by atoms with E-state index in [1.807, 2.05) is 31.2 Å². The lowest BCUT2D eigenvalue weighted by Gasteiger charge is -2.08. The summed E-state index contributed by atoms with van der Waals surface area (Å²) in [5.41, 5.74) is 6.91. The van der Waals surface area contributed by atoms with Crippen LogP contribution in [-0.4, -0.2) is 6.10 Å². The SMILES string of the molecule is C[C@@H](N)c1cccc(OC2CC2)c1. The molecule has 70 valence electrons. The van der Waals surface area contributed by atoms with Crippen molar-refractivity contribution in [2.24, 2.45) is 5.73 Å². The van der Waals surface area contributed by atoms with Gasteiger partial charge in [-0.25, -0.2) is 0 Å². The third-order valence-electron chi connectivity index (χ3n) is 2.21. The lowest BCUT2D eigenvalue weighted by atomic mass is 10.1. The summed E-state index contributed by atoms with van der Waals surface area (Å²) in [7, 11) is 0. The molecular weight excluding hydrogens is 162 g/mol. The second-order valence-corrected chi connectivity index (χ2v) is 3.68. The second kappa shape index (κ2) is 3.38. The average Bonchev–Trinajstić information content (AvgIpc) is 2.89. The standard InChI is InChI=1S/C11H15NO/c1-8(12)9-3-2-4-11(7-9)13-10-5-6-10/h2-4,7-8,10H,5-6,12H2,1H3/t8-/m1/s1. The molecule has 1 aromatic carbocycles. The molecule has 2 heteroatoms. The maximum absolute atomic E-state index is 5.77. The van der Waals surface area contributed by atoms with Crippen LogP contribution in [0.1, 0.15) is 31.4 Å².